The summed E-state index contributed by atoms with van der Waals surface area (Å²) < 4.78 is 22.3. The van der Waals surface area contributed by atoms with Crippen LogP contribution in [0.25, 0.3) is 0 Å². The fraction of sp³-hybridized carbons (Fsp3) is 0.314. The maximum absolute atomic E-state index is 14.0. The molecule has 43 heavy (non-hydrogen) atoms. The predicted molar refractivity (Wildman–Crippen MR) is 161 cm³/mol. The van der Waals surface area contributed by atoms with Crippen molar-refractivity contribution in [1.82, 2.24) is 0 Å². The van der Waals surface area contributed by atoms with Gasteiger partial charge in [0.25, 0.3) is 0 Å². The van der Waals surface area contributed by atoms with Crippen LogP contribution in [0.1, 0.15) is 62.1 Å². The molecule has 1 fully saturated rings. The summed E-state index contributed by atoms with van der Waals surface area (Å²) in [5, 5.41) is 0. The third-order valence-electron chi connectivity index (χ3n) is 7.85. The molecule has 8 nitrogen and oxygen atoms in total. The van der Waals surface area contributed by atoms with E-state index in [9.17, 15) is 14.4 Å². The molecule has 2 aliphatic rings. The molecule has 0 aromatic heterocycles. The zero-order chi connectivity index (χ0) is 30.5. The van der Waals surface area contributed by atoms with Gasteiger partial charge < -0.3 is 18.9 Å². The van der Waals surface area contributed by atoms with Gasteiger partial charge in [0, 0.05) is 30.7 Å². The van der Waals surface area contributed by atoms with E-state index in [0.29, 0.717) is 42.0 Å². The fourth-order valence-electron chi connectivity index (χ4n) is 5.94. The highest BCUT2D eigenvalue weighted by Crippen LogP contribution is 2.47. The van der Waals surface area contributed by atoms with E-state index < -0.39 is 23.8 Å². The Bertz CT molecular complexity index is 1570. The number of Topliss-reactive ketones (excluding diaryl/α,β-unsaturated/α-hetero) is 1. The molecule has 0 spiro atoms. The van der Waals surface area contributed by atoms with Gasteiger partial charge in [-0.2, -0.15) is 0 Å². The van der Waals surface area contributed by atoms with Crippen LogP contribution < -0.4 is 14.2 Å². The van der Waals surface area contributed by atoms with Crippen LogP contribution in [0.5, 0.6) is 17.2 Å². The summed E-state index contributed by atoms with van der Waals surface area (Å²) in [6.45, 7) is 5.36. The zero-order valence-electron chi connectivity index (χ0n) is 24.8. The summed E-state index contributed by atoms with van der Waals surface area (Å²) in [6.07, 6.45) is 0.883. The average Bonchev–Trinajstić information content (AvgIpc) is 3.00. The van der Waals surface area contributed by atoms with E-state index in [1.54, 1.807) is 32.2 Å². The summed E-state index contributed by atoms with van der Waals surface area (Å²) >= 11 is 0. The van der Waals surface area contributed by atoms with Crippen LogP contribution in [-0.2, 0) is 25.7 Å². The first-order chi connectivity index (χ1) is 20.8. The zero-order valence-corrected chi connectivity index (χ0v) is 24.8. The lowest BCUT2D eigenvalue weighted by Gasteiger charge is -2.38. The minimum atomic E-state index is -0.648. The highest BCUT2D eigenvalue weighted by atomic mass is 16.6. The number of hydrogen-bond donors (Lipinski definition) is 0. The molecule has 5 rings (SSSR count). The van der Waals surface area contributed by atoms with Crippen LogP contribution in [0.3, 0.4) is 0 Å². The third-order valence-corrected chi connectivity index (χ3v) is 7.85. The Morgan fingerprint density at radius 1 is 0.907 bits per heavy atom. The maximum Gasteiger partial charge on any atom is 0.336 e. The first kappa shape index (κ1) is 29.8. The van der Waals surface area contributed by atoms with Gasteiger partial charge in [0.05, 0.1) is 25.2 Å². The number of benzene rings is 3. The minimum Gasteiger partial charge on any atom is -0.497 e. The monoisotopic (exact) mass is 581 g/mol. The SMILES string of the molecule is CCOc1cc([C@@H]2C(C(=O)OCc3ccccc3)=C(C)N=C3C[C@H](c4ccc(OC)cc4)CC(=O)C32)ccc1OC(C)=O. The fourth-order valence-corrected chi connectivity index (χ4v) is 5.94. The number of methoxy groups -OCH3 is 1. The Hall–Kier alpha value is -4.72. The lowest BCUT2D eigenvalue weighted by molar-refractivity contribution is -0.141. The van der Waals surface area contributed by atoms with E-state index >= 15 is 0 Å². The first-order valence-electron chi connectivity index (χ1n) is 14.4. The molecule has 3 aromatic rings. The predicted octanol–water partition coefficient (Wildman–Crippen LogP) is 6.34. The number of allylic oxidation sites excluding steroid dienone is 1. The Labute approximate surface area is 251 Å². The number of nitrogens with zero attached hydrogens (tertiary/aromatic N) is 1. The number of fused-ring (bicyclic) bond motifs is 1. The summed E-state index contributed by atoms with van der Waals surface area (Å²) in [4.78, 5) is 44.4. The number of rotatable bonds is 9. The van der Waals surface area contributed by atoms with Gasteiger partial charge in [-0.15, -0.1) is 0 Å². The lowest BCUT2D eigenvalue weighted by atomic mass is 9.66. The molecule has 8 heteroatoms. The minimum absolute atomic E-state index is 0.00120. The second-order valence-electron chi connectivity index (χ2n) is 10.7. The average molecular weight is 582 g/mol. The Balaban J connectivity index is 1.55. The molecule has 0 amide bonds. The van der Waals surface area contributed by atoms with E-state index in [2.05, 4.69) is 0 Å². The van der Waals surface area contributed by atoms with Gasteiger partial charge in [-0.05, 0) is 67.1 Å². The van der Waals surface area contributed by atoms with Crippen molar-refractivity contribution in [2.24, 2.45) is 10.9 Å². The van der Waals surface area contributed by atoms with Crippen molar-refractivity contribution in [2.45, 2.75) is 52.1 Å². The molecule has 0 bridgehead atoms. The van der Waals surface area contributed by atoms with Crippen molar-refractivity contribution in [3.63, 3.8) is 0 Å². The highest BCUT2D eigenvalue weighted by Gasteiger charge is 2.46. The standard InChI is InChI=1S/C35H35NO7/c1-5-41-31-19-25(13-16-30(31)43-22(3)37)33-32(35(39)42-20-23-9-7-6-8-10-23)21(2)36-28-17-26(18-29(38)34(28)33)24-11-14-27(40-4)15-12-24/h6-16,19,26,33-34H,5,17-18,20H2,1-4H3/t26-,33+,34?/m0/s1. The quantitative estimate of drug-likeness (QED) is 0.215. The van der Waals surface area contributed by atoms with Gasteiger partial charge >= 0.3 is 11.9 Å². The van der Waals surface area contributed by atoms with Gasteiger partial charge in [0.2, 0.25) is 0 Å². The second-order valence-corrected chi connectivity index (χ2v) is 10.7. The summed E-state index contributed by atoms with van der Waals surface area (Å²) in [5.41, 5.74) is 4.15. The Kier molecular flexibility index (Phi) is 9.04. The molecular formula is C35H35NO7. The molecule has 1 aliphatic carbocycles. The molecule has 3 aromatic carbocycles. The van der Waals surface area contributed by atoms with Crippen LogP contribution in [0.15, 0.2) is 89.1 Å². The smallest absolute Gasteiger partial charge is 0.336 e. The van der Waals surface area contributed by atoms with Crippen molar-refractivity contribution < 1.29 is 33.3 Å². The normalized spacial score (nSPS) is 19.7. The van der Waals surface area contributed by atoms with Crippen molar-refractivity contribution in [1.29, 1.82) is 0 Å². The Morgan fingerprint density at radius 2 is 1.63 bits per heavy atom. The van der Waals surface area contributed by atoms with Gasteiger partial charge in [-0.25, -0.2) is 4.79 Å². The van der Waals surface area contributed by atoms with Crippen LogP contribution in [0.2, 0.25) is 0 Å². The van der Waals surface area contributed by atoms with E-state index in [4.69, 9.17) is 23.9 Å². The van der Waals surface area contributed by atoms with E-state index in [1.165, 1.54) is 6.92 Å². The third kappa shape index (κ3) is 6.53. The van der Waals surface area contributed by atoms with Crippen LogP contribution >= 0.6 is 0 Å². The molecule has 3 atom stereocenters. The summed E-state index contributed by atoms with van der Waals surface area (Å²) in [5.74, 6) is -0.970. The number of carbonyl (C=O) groups excluding carboxylic acids is 3. The summed E-state index contributed by atoms with van der Waals surface area (Å²) in [7, 11) is 1.62. The lowest BCUT2D eigenvalue weighted by Crippen LogP contribution is -2.41. The number of aliphatic imine (C=N–C) groups is 1. The first-order valence-corrected chi connectivity index (χ1v) is 14.4. The molecule has 0 radical (unpaired) electrons. The molecule has 1 heterocycles. The van der Waals surface area contributed by atoms with Crippen molar-refractivity contribution in [2.75, 3.05) is 13.7 Å². The van der Waals surface area contributed by atoms with Crippen LogP contribution in [-0.4, -0.2) is 37.2 Å². The van der Waals surface area contributed by atoms with Crippen molar-refractivity contribution in [3.05, 3.63) is 101 Å². The number of ether oxygens (including phenoxy) is 4. The van der Waals surface area contributed by atoms with Gasteiger partial charge in [-0.1, -0.05) is 48.5 Å². The molecule has 1 saturated carbocycles. The van der Waals surface area contributed by atoms with Crippen molar-refractivity contribution >= 4 is 23.4 Å². The van der Waals surface area contributed by atoms with Gasteiger partial charge in [0.1, 0.15) is 18.1 Å². The van der Waals surface area contributed by atoms with E-state index in [-0.39, 0.29) is 24.1 Å². The molecule has 222 valence electrons. The number of hydrogen-bond acceptors (Lipinski definition) is 8. The Morgan fingerprint density at radius 3 is 2.30 bits per heavy atom. The molecular weight excluding hydrogens is 546 g/mol. The topological polar surface area (TPSA) is 100 Å². The van der Waals surface area contributed by atoms with E-state index in [0.717, 1.165) is 22.6 Å². The van der Waals surface area contributed by atoms with E-state index in [1.807, 2.05) is 61.5 Å². The maximum atomic E-state index is 14.0. The number of ketones is 1. The summed E-state index contributed by atoms with van der Waals surface area (Å²) in [6, 6.07) is 22.3. The molecule has 0 saturated heterocycles. The molecule has 1 aliphatic heterocycles. The van der Waals surface area contributed by atoms with Crippen molar-refractivity contribution in [3.8, 4) is 17.2 Å². The largest absolute Gasteiger partial charge is 0.497 e. The number of esters is 2. The van der Waals surface area contributed by atoms with Gasteiger partial charge in [-0.3, -0.25) is 14.6 Å². The second kappa shape index (κ2) is 13.1. The molecule has 0 N–H and O–H groups in total. The van der Waals surface area contributed by atoms with Crippen LogP contribution in [0.4, 0.5) is 0 Å². The van der Waals surface area contributed by atoms with Crippen LogP contribution in [0, 0.1) is 5.92 Å². The molecule has 1 unspecified atom stereocenters. The number of carbonyl (C=O) groups is 3. The highest BCUT2D eigenvalue weighted by molar-refractivity contribution is 6.12. The van der Waals surface area contributed by atoms with Gasteiger partial charge in [0.15, 0.2) is 11.5 Å².